The average Bonchev–Trinajstić information content (AvgIpc) is 2.84. The van der Waals surface area contributed by atoms with E-state index in [1.165, 1.54) is 9.75 Å². The number of pyridine rings is 1. The summed E-state index contributed by atoms with van der Waals surface area (Å²) in [5.41, 5.74) is 1.79. The second kappa shape index (κ2) is 3.61. The van der Waals surface area contributed by atoms with Gasteiger partial charge in [0, 0.05) is 17.3 Å². The van der Waals surface area contributed by atoms with Crippen LogP contribution in [0.1, 0.15) is 4.88 Å². The van der Waals surface area contributed by atoms with E-state index >= 15 is 0 Å². The first kappa shape index (κ1) is 9.87. The van der Waals surface area contributed by atoms with Gasteiger partial charge in [-0.3, -0.25) is 0 Å². The van der Waals surface area contributed by atoms with Crippen molar-refractivity contribution in [3.05, 3.63) is 46.6 Å². The SMILES string of the molecule is Cc1ccc(-c2cn3cccc(Cl)c3n2)s1. The summed E-state index contributed by atoms with van der Waals surface area (Å²) in [6, 6.07) is 7.97. The molecule has 0 aliphatic carbocycles. The number of halogens is 1. The van der Waals surface area contributed by atoms with Gasteiger partial charge < -0.3 is 4.40 Å². The van der Waals surface area contributed by atoms with E-state index < -0.39 is 0 Å². The lowest BCUT2D eigenvalue weighted by molar-refractivity contribution is 1.19. The van der Waals surface area contributed by atoms with Crippen LogP contribution in [0.2, 0.25) is 5.02 Å². The lowest BCUT2D eigenvalue weighted by Crippen LogP contribution is -1.80. The fourth-order valence-electron chi connectivity index (χ4n) is 1.67. The molecular weight excluding hydrogens is 240 g/mol. The van der Waals surface area contributed by atoms with E-state index in [2.05, 4.69) is 24.0 Å². The molecule has 4 heteroatoms. The minimum absolute atomic E-state index is 0.682. The Hall–Kier alpha value is -1.32. The maximum atomic E-state index is 6.08. The molecule has 0 aliphatic rings. The summed E-state index contributed by atoms with van der Waals surface area (Å²) >= 11 is 7.83. The van der Waals surface area contributed by atoms with E-state index in [1.807, 2.05) is 28.9 Å². The standard InChI is InChI=1S/C12H9ClN2S/c1-8-4-5-11(16-8)10-7-15-6-2-3-9(13)12(15)14-10/h2-7H,1H3. The zero-order valence-corrected chi connectivity index (χ0v) is 10.2. The fourth-order valence-corrected chi connectivity index (χ4v) is 2.70. The van der Waals surface area contributed by atoms with Crippen molar-refractivity contribution in [2.45, 2.75) is 6.92 Å². The van der Waals surface area contributed by atoms with Crippen molar-refractivity contribution in [2.75, 3.05) is 0 Å². The second-order valence-electron chi connectivity index (χ2n) is 3.62. The number of hydrogen-bond acceptors (Lipinski definition) is 2. The van der Waals surface area contributed by atoms with Crippen LogP contribution < -0.4 is 0 Å². The molecule has 0 spiro atoms. The molecule has 80 valence electrons. The summed E-state index contributed by atoms with van der Waals surface area (Å²) in [6.45, 7) is 2.09. The molecule has 0 N–H and O–H groups in total. The Morgan fingerprint density at radius 3 is 2.88 bits per heavy atom. The van der Waals surface area contributed by atoms with Crippen molar-refractivity contribution in [2.24, 2.45) is 0 Å². The van der Waals surface area contributed by atoms with Crippen molar-refractivity contribution < 1.29 is 0 Å². The maximum Gasteiger partial charge on any atom is 0.156 e. The summed E-state index contributed by atoms with van der Waals surface area (Å²) in [4.78, 5) is 7.01. The number of hydrogen-bond donors (Lipinski definition) is 0. The highest BCUT2D eigenvalue weighted by Crippen LogP contribution is 2.28. The van der Waals surface area contributed by atoms with E-state index in [-0.39, 0.29) is 0 Å². The number of fused-ring (bicyclic) bond motifs is 1. The molecule has 3 rings (SSSR count). The van der Waals surface area contributed by atoms with Gasteiger partial charge in [0.05, 0.1) is 15.6 Å². The van der Waals surface area contributed by atoms with E-state index in [0.717, 1.165) is 11.3 Å². The Bertz CT molecular complexity index is 654. The third kappa shape index (κ3) is 1.52. The summed E-state index contributed by atoms with van der Waals surface area (Å²) in [7, 11) is 0. The van der Waals surface area contributed by atoms with Crippen molar-refractivity contribution in [1.29, 1.82) is 0 Å². The largest absolute Gasteiger partial charge is 0.305 e. The lowest BCUT2D eigenvalue weighted by atomic mass is 10.4. The highest BCUT2D eigenvalue weighted by atomic mass is 35.5. The molecule has 0 atom stereocenters. The molecule has 0 bridgehead atoms. The van der Waals surface area contributed by atoms with Crippen LogP contribution in [0.15, 0.2) is 36.7 Å². The molecule has 0 saturated carbocycles. The average molecular weight is 249 g/mol. The monoisotopic (exact) mass is 248 g/mol. The van der Waals surface area contributed by atoms with Crippen LogP contribution >= 0.6 is 22.9 Å². The summed E-state index contributed by atoms with van der Waals surface area (Å²) in [5, 5.41) is 0.682. The Morgan fingerprint density at radius 2 is 2.19 bits per heavy atom. The van der Waals surface area contributed by atoms with E-state index in [1.54, 1.807) is 11.3 Å². The first-order valence-electron chi connectivity index (χ1n) is 4.94. The van der Waals surface area contributed by atoms with Gasteiger partial charge in [0.1, 0.15) is 0 Å². The molecule has 2 nitrogen and oxygen atoms in total. The third-order valence-electron chi connectivity index (χ3n) is 2.43. The number of aryl methyl sites for hydroxylation is 1. The van der Waals surface area contributed by atoms with Gasteiger partial charge in [0.2, 0.25) is 0 Å². The van der Waals surface area contributed by atoms with Crippen molar-refractivity contribution in [1.82, 2.24) is 9.38 Å². The second-order valence-corrected chi connectivity index (χ2v) is 5.32. The molecule has 3 aromatic rings. The van der Waals surface area contributed by atoms with Crippen LogP contribution in [0.25, 0.3) is 16.2 Å². The van der Waals surface area contributed by atoms with Crippen LogP contribution in [0, 0.1) is 6.92 Å². The van der Waals surface area contributed by atoms with Crippen LogP contribution in [0.5, 0.6) is 0 Å². The van der Waals surface area contributed by atoms with Gasteiger partial charge in [-0.25, -0.2) is 4.98 Å². The third-order valence-corrected chi connectivity index (χ3v) is 3.75. The highest BCUT2D eigenvalue weighted by molar-refractivity contribution is 7.15. The minimum Gasteiger partial charge on any atom is -0.305 e. The first-order valence-corrected chi connectivity index (χ1v) is 6.13. The number of imidazole rings is 1. The van der Waals surface area contributed by atoms with Gasteiger partial charge in [-0.1, -0.05) is 11.6 Å². The topological polar surface area (TPSA) is 17.3 Å². The van der Waals surface area contributed by atoms with Crippen LogP contribution in [0.3, 0.4) is 0 Å². The van der Waals surface area contributed by atoms with E-state index in [0.29, 0.717) is 5.02 Å². The molecule has 0 aromatic carbocycles. The Kier molecular flexibility index (Phi) is 2.23. The quantitative estimate of drug-likeness (QED) is 0.636. The summed E-state index contributed by atoms with van der Waals surface area (Å²) in [6.07, 6.45) is 3.96. The van der Waals surface area contributed by atoms with E-state index in [9.17, 15) is 0 Å². The normalized spacial score (nSPS) is 11.1. The molecule has 0 aliphatic heterocycles. The van der Waals surface area contributed by atoms with Gasteiger partial charge in [-0.05, 0) is 31.2 Å². The van der Waals surface area contributed by atoms with Crippen LogP contribution in [-0.2, 0) is 0 Å². The van der Waals surface area contributed by atoms with Crippen molar-refractivity contribution in [3.63, 3.8) is 0 Å². The molecule has 0 saturated heterocycles. The van der Waals surface area contributed by atoms with Crippen molar-refractivity contribution >= 4 is 28.6 Å². The number of nitrogens with zero attached hydrogens (tertiary/aromatic N) is 2. The van der Waals surface area contributed by atoms with Gasteiger partial charge in [0.25, 0.3) is 0 Å². The van der Waals surface area contributed by atoms with Gasteiger partial charge in [0.15, 0.2) is 5.65 Å². The zero-order chi connectivity index (χ0) is 11.1. The molecule has 0 fully saturated rings. The zero-order valence-electron chi connectivity index (χ0n) is 8.64. The smallest absolute Gasteiger partial charge is 0.156 e. The lowest BCUT2D eigenvalue weighted by Gasteiger charge is -1.92. The molecule has 0 radical (unpaired) electrons. The van der Waals surface area contributed by atoms with Crippen molar-refractivity contribution in [3.8, 4) is 10.6 Å². The molecule has 3 aromatic heterocycles. The molecule has 0 amide bonds. The Morgan fingerprint density at radius 1 is 1.31 bits per heavy atom. The Balaban J connectivity index is 2.22. The molecule has 0 unspecified atom stereocenters. The summed E-state index contributed by atoms with van der Waals surface area (Å²) in [5.74, 6) is 0. The molecular formula is C12H9ClN2S. The van der Waals surface area contributed by atoms with Crippen LogP contribution in [-0.4, -0.2) is 9.38 Å². The molecule has 3 heterocycles. The van der Waals surface area contributed by atoms with Gasteiger partial charge in [-0.2, -0.15) is 0 Å². The number of thiophene rings is 1. The predicted octanol–water partition coefficient (Wildman–Crippen LogP) is 4.02. The number of rotatable bonds is 1. The molecule has 16 heavy (non-hydrogen) atoms. The van der Waals surface area contributed by atoms with Gasteiger partial charge in [-0.15, -0.1) is 11.3 Å². The highest BCUT2D eigenvalue weighted by Gasteiger charge is 2.07. The fraction of sp³-hybridized carbons (Fsp3) is 0.0833. The van der Waals surface area contributed by atoms with Gasteiger partial charge >= 0.3 is 0 Å². The Labute approximate surface area is 102 Å². The summed E-state index contributed by atoms with van der Waals surface area (Å²) < 4.78 is 1.95. The van der Waals surface area contributed by atoms with E-state index in [4.69, 9.17) is 11.6 Å². The minimum atomic E-state index is 0.682. The number of aromatic nitrogens is 2. The van der Waals surface area contributed by atoms with Crippen LogP contribution in [0.4, 0.5) is 0 Å². The maximum absolute atomic E-state index is 6.08. The first-order chi connectivity index (χ1) is 7.74. The predicted molar refractivity (Wildman–Crippen MR) is 68.3 cm³/mol.